The normalized spacial score (nSPS) is 12.3. The first kappa shape index (κ1) is 15.5. The lowest BCUT2D eigenvalue weighted by atomic mass is 10.1. The number of halogens is 1. The molecule has 0 bridgehead atoms. The van der Waals surface area contributed by atoms with Crippen LogP contribution in [0.3, 0.4) is 0 Å². The minimum absolute atomic E-state index is 0.0200. The van der Waals surface area contributed by atoms with Crippen LogP contribution >= 0.6 is 11.8 Å². The van der Waals surface area contributed by atoms with E-state index in [4.69, 9.17) is 11.5 Å². The maximum atomic E-state index is 13.5. The third kappa shape index (κ3) is 4.05. The minimum Gasteiger partial charge on any atom is -0.383 e. The van der Waals surface area contributed by atoms with Gasteiger partial charge >= 0.3 is 0 Å². The molecular weight excluding hydrogens is 289 g/mol. The van der Waals surface area contributed by atoms with Crippen molar-refractivity contribution < 1.29 is 4.39 Å². The van der Waals surface area contributed by atoms with Crippen molar-refractivity contribution in [3.05, 3.63) is 35.6 Å². The van der Waals surface area contributed by atoms with Gasteiger partial charge in [-0.25, -0.2) is 14.4 Å². The molecular formula is C14H18FN5S. The maximum absolute atomic E-state index is 13.5. The zero-order valence-electron chi connectivity index (χ0n) is 11.9. The van der Waals surface area contributed by atoms with E-state index < -0.39 is 0 Å². The molecule has 5 nitrogen and oxygen atoms in total. The van der Waals surface area contributed by atoms with Gasteiger partial charge in [0.25, 0.3) is 0 Å². The largest absolute Gasteiger partial charge is 0.383 e. The van der Waals surface area contributed by atoms with Crippen LogP contribution in [0.4, 0.5) is 16.0 Å². The van der Waals surface area contributed by atoms with Crippen LogP contribution in [-0.4, -0.2) is 16.5 Å². The summed E-state index contributed by atoms with van der Waals surface area (Å²) >= 11 is 1.32. The Labute approximate surface area is 127 Å². The Morgan fingerprint density at radius 3 is 2.52 bits per heavy atom. The van der Waals surface area contributed by atoms with Crippen LogP contribution in [0.15, 0.2) is 34.3 Å². The fourth-order valence-electron chi connectivity index (χ4n) is 1.97. The molecule has 0 aliphatic rings. The number of aromatic nitrogens is 2. The minimum atomic E-state index is -0.271. The number of nitrogen functional groups attached to an aromatic ring is 2. The summed E-state index contributed by atoms with van der Waals surface area (Å²) < 4.78 is 13.5. The fraction of sp³-hybridized carbons (Fsp3) is 0.286. The van der Waals surface area contributed by atoms with Gasteiger partial charge in [-0.05, 0) is 49.0 Å². The Bertz CT molecular complexity index is 615. The monoisotopic (exact) mass is 307 g/mol. The summed E-state index contributed by atoms with van der Waals surface area (Å²) in [6.45, 7) is 4.78. The quantitative estimate of drug-likeness (QED) is 0.736. The van der Waals surface area contributed by atoms with Crippen LogP contribution in [0.2, 0.25) is 0 Å². The molecule has 21 heavy (non-hydrogen) atoms. The average molecular weight is 307 g/mol. The summed E-state index contributed by atoms with van der Waals surface area (Å²) in [6, 6.07) is 6.17. The number of hydrogen-bond acceptors (Lipinski definition) is 6. The van der Waals surface area contributed by atoms with E-state index >= 15 is 0 Å². The van der Waals surface area contributed by atoms with Crippen LogP contribution < -0.4 is 16.8 Å². The second-order valence-corrected chi connectivity index (χ2v) is 5.57. The smallest absolute Gasteiger partial charge is 0.196 e. The molecule has 1 heterocycles. The zero-order valence-corrected chi connectivity index (χ0v) is 12.7. The predicted octanol–water partition coefficient (Wildman–Crippen LogP) is 2.60. The van der Waals surface area contributed by atoms with Crippen LogP contribution in [0.5, 0.6) is 0 Å². The Balaban J connectivity index is 2.34. The molecule has 1 aromatic heterocycles. The highest BCUT2D eigenvalue weighted by atomic mass is 32.2. The standard InChI is InChI=1S/C14H18FN5S/c1-3-18-8(2)10-6-9(15)4-5-11(10)21-14-19-12(16)7-13(17)20-14/h4-8,18H,3H2,1-2H3,(H4,16,17,19,20). The molecule has 7 heteroatoms. The molecule has 0 fully saturated rings. The number of nitrogens with one attached hydrogen (secondary N) is 1. The summed E-state index contributed by atoms with van der Waals surface area (Å²) in [5, 5.41) is 3.72. The van der Waals surface area contributed by atoms with Crippen molar-refractivity contribution in [3.8, 4) is 0 Å². The molecule has 112 valence electrons. The second-order valence-electron chi connectivity index (χ2n) is 4.56. The maximum Gasteiger partial charge on any atom is 0.196 e. The molecule has 1 atom stereocenters. The van der Waals surface area contributed by atoms with Gasteiger partial charge in [-0.15, -0.1) is 0 Å². The van der Waals surface area contributed by atoms with Crippen molar-refractivity contribution in [2.75, 3.05) is 18.0 Å². The first-order valence-electron chi connectivity index (χ1n) is 6.60. The summed E-state index contributed by atoms with van der Waals surface area (Å²) in [6.07, 6.45) is 0. The van der Waals surface area contributed by atoms with E-state index in [0.717, 1.165) is 17.0 Å². The SMILES string of the molecule is CCNC(C)c1cc(F)ccc1Sc1nc(N)cc(N)n1. The molecule has 0 aliphatic carbocycles. The number of rotatable bonds is 5. The topological polar surface area (TPSA) is 89.8 Å². The first-order valence-corrected chi connectivity index (χ1v) is 7.42. The number of nitrogens with zero attached hydrogens (tertiary/aromatic N) is 2. The molecule has 0 saturated heterocycles. The number of benzene rings is 1. The van der Waals surface area contributed by atoms with Gasteiger partial charge in [0.05, 0.1) is 0 Å². The molecule has 0 radical (unpaired) electrons. The Kier molecular flexibility index (Phi) is 4.98. The third-order valence-electron chi connectivity index (χ3n) is 2.90. The van der Waals surface area contributed by atoms with E-state index in [1.807, 2.05) is 13.8 Å². The van der Waals surface area contributed by atoms with E-state index in [2.05, 4.69) is 15.3 Å². The number of anilines is 2. The molecule has 2 rings (SSSR count). The van der Waals surface area contributed by atoms with Gasteiger partial charge in [-0.2, -0.15) is 0 Å². The Morgan fingerprint density at radius 2 is 1.90 bits per heavy atom. The number of hydrogen-bond donors (Lipinski definition) is 3. The zero-order chi connectivity index (χ0) is 15.4. The summed E-state index contributed by atoms with van der Waals surface area (Å²) in [7, 11) is 0. The molecule has 1 aromatic carbocycles. The fourth-order valence-corrected chi connectivity index (χ4v) is 2.96. The molecule has 2 aromatic rings. The highest BCUT2D eigenvalue weighted by Gasteiger charge is 2.14. The molecule has 1 unspecified atom stereocenters. The van der Waals surface area contributed by atoms with Gasteiger partial charge in [0, 0.05) is 17.0 Å². The molecule has 0 spiro atoms. The van der Waals surface area contributed by atoms with E-state index in [0.29, 0.717) is 16.8 Å². The number of nitrogens with two attached hydrogens (primary N) is 2. The van der Waals surface area contributed by atoms with Gasteiger partial charge < -0.3 is 16.8 Å². The Hall–Kier alpha value is -1.86. The molecule has 0 amide bonds. The Morgan fingerprint density at radius 1 is 1.24 bits per heavy atom. The van der Waals surface area contributed by atoms with Crippen LogP contribution in [-0.2, 0) is 0 Å². The van der Waals surface area contributed by atoms with Gasteiger partial charge in [0.1, 0.15) is 17.5 Å². The van der Waals surface area contributed by atoms with Crippen LogP contribution in [0, 0.1) is 5.82 Å². The van der Waals surface area contributed by atoms with Crippen molar-refractivity contribution in [1.82, 2.24) is 15.3 Å². The van der Waals surface area contributed by atoms with Crippen molar-refractivity contribution in [2.24, 2.45) is 0 Å². The summed E-state index contributed by atoms with van der Waals surface area (Å²) in [4.78, 5) is 9.14. The first-order chi connectivity index (χ1) is 9.99. The van der Waals surface area contributed by atoms with Crippen LogP contribution in [0.1, 0.15) is 25.5 Å². The van der Waals surface area contributed by atoms with Crippen molar-refractivity contribution in [2.45, 2.75) is 29.9 Å². The summed E-state index contributed by atoms with van der Waals surface area (Å²) in [5.41, 5.74) is 12.2. The van der Waals surface area contributed by atoms with Gasteiger partial charge in [0.2, 0.25) is 0 Å². The summed E-state index contributed by atoms with van der Waals surface area (Å²) in [5.74, 6) is 0.355. The average Bonchev–Trinajstić information content (AvgIpc) is 2.40. The highest BCUT2D eigenvalue weighted by molar-refractivity contribution is 7.99. The second kappa shape index (κ2) is 6.73. The van der Waals surface area contributed by atoms with Crippen molar-refractivity contribution >= 4 is 23.4 Å². The lowest BCUT2D eigenvalue weighted by molar-refractivity contribution is 0.574. The molecule has 0 saturated carbocycles. The van der Waals surface area contributed by atoms with E-state index in [1.54, 1.807) is 6.07 Å². The predicted molar refractivity (Wildman–Crippen MR) is 83.5 cm³/mol. The van der Waals surface area contributed by atoms with Crippen LogP contribution in [0.25, 0.3) is 0 Å². The van der Waals surface area contributed by atoms with E-state index in [-0.39, 0.29) is 11.9 Å². The lowest BCUT2D eigenvalue weighted by Crippen LogP contribution is -2.18. The van der Waals surface area contributed by atoms with Crippen molar-refractivity contribution in [3.63, 3.8) is 0 Å². The van der Waals surface area contributed by atoms with Gasteiger partial charge in [-0.1, -0.05) is 6.92 Å². The van der Waals surface area contributed by atoms with Crippen molar-refractivity contribution in [1.29, 1.82) is 0 Å². The van der Waals surface area contributed by atoms with Gasteiger partial charge in [-0.3, -0.25) is 0 Å². The lowest BCUT2D eigenvalue weighted by Gasteiger charge is -2.16. The highest BCUT2D eigenvalue weighted by Crippen LogP contribution is 2.32. The third-order valence-corrected chi connectivity index (χ3v) is 3.85. The molecule has 5 N–H and O–H groups in total. The molecule has 0 aliphatic heterocycles. The van der Waals surface area contributed by atoms with E-state index in [1.165, 1.54) is 30.0 Å². The van der Waals surface area contributed by atoms with E-state index in [9.17, 15) is 4.39 Å². The van der Waals surface area contributed by atoms with Gasteiger partial charge in [0.15, 0.2) is 5.16 Å².